The highest BCUT2D eigenvalue weighted by Crippen LogP contribution is 2.17. The maximum absolute atomic E-state index is 12.3. The zero-order chi connectivity index (χ0) is 17.6. The van der Waals surface area contributed by atoms with Gasteiger partial charge in [0, 0.05) is 17.8 Å². The number of sulfonamides is 1. The third kappa shape index (κ3) is 4.91. The van der Waals surface area contributed by atoms with Crippen molar-refractivity contribution in [1.82, 2.24) is 4.72 Å². The Morgan fingerprint density at radius 1 is 1.00 bits per heavy atom. The molecule has 128 valence electrons. The predicted molar refractivity (Wildman–Crippen MR) is 96.5 cm³/mol. The number of rotatable bonds is 7. The maximum atomic E-state index is 12.3. The molecule has 0 aliphatic heterocycles. The Kier molecular flexibility index (Phi) is 6.11. The first-order valence-corrected chi connectivity index (χ1v) is 9.56. The predicted octanol–water partition coefficient (Wildman–Crippen LogP) is 2.94. The first kappa shape index (κ1) is 18.2. The van der Waals surface area contributed by atoms with Crippen molar-refractivity contribution in [3.8, 4) is 0 Å². The highest BCUT2D eigenvalue weighted by atomic mass is 32.2. The lowest BCUT2D eigenvalue weighted by Crippen LogP contribution is -2.24. The number of hydrogen-bond acceptors (Lipinski definition) is 3. The first-order valence-electron chi connectivity index (χ1n) is 7.90. The van der Waals surface area contributed by atoms with E-state index in [1.807, 2.05) is 31.2 Å². The minimum atomic E-state index is -3.22. The molecule has 0 spiro atoms. The van der Waals surface area contributed by atoms with Gasteiger partial charge in [0.2, 0.25) is 10.0 Å². The first-order chi connectivity index (χ1) is 11.4. The summed E-state index contributed by atoms with van der Waals surface area (Å²) >= 11 is 0. The van der Waals surface area contributed by atoms with Gasteiger partial charge in [0.05, 0.1) is 5.75 Å². The summed E-state index contributed by atoms with van der Waals surface area (Å²) in [6, 6.07) is 14.6. The number of anilines is 1. The number of amides is 1. The molecule has 0 atom stereocenters. The van der Waals surface area contributed by atoms with Gasteiger partial charge in [-0.25, -0.2) is 13.1 Å². The zero-order valence-electron chi connectivity index (χ0n) is 13.9. The minimum absolute atomic E-state index is 0.0460. The Morgan fingerprint density at radius 2 is 1.67 bits per heavy atom. The van der Waals surface area contributed by atoms with Crippen molar-refractivity contribution in [3.63, 3.8) is 0 Å². The van der Waals surface area contributed by atoms with Crippen LogP contribution in [0, 0.1) is 0 Å². The molecular weight excluding hydrogens is 324 g/mol. The molecule has 24 heavy (non-hydrogen) atoms. The molecule has 1 amide bonds. The molecule has 2 aromatic rings. The van der Waals surface area contributed by atoms with Crippen LogP contribution in [0.1, 0.15) is 35.3 Å². The molecule has 0 fully saturated rings. The highest BCUT2D eigenvalue weighted by Gasteiger charge is 2.09. The van der Waals surface area contributed by atoms with E-state index in [1.54, 1.807) is 31.2 Å². The highest BCUT2D eigenvalue weighted by molar-refractivity contribution is 7.89. The van der Waals surface area contributed by atoms with Crippen molar-refractivity contribution < 1.29 is 13.2 Å². The number of aryl methyl sites for hydroxylation is 1. The third-order valence-corrected chi connectivity index (χ3v) is 5.08. The molecule has 0 saturated carbocycles. The van der Waals surface area contributed by atoms with Gasteiger partial charge in [-0.05, 0) is 42.7 Å². The van der Waals surface area contributed by atoms with Gasteiger partial charge in [-0.2, -0.15) is 0 Å². The van der Waals surface area contributed by atoms with Gasteiger partial charge in [0.15, 0.2) is 0 Å². The van der Waals surface area contributed by atoms with E-state index in [9.17, 15) is 13.2 Å². The van der Waals surface area contributed by atoms with Crippen LogP contribution >= 0.6 is 0 Å². The van der Waals surface area contributed by atoms with Crippen LogP contribution in [0.5, 0.6) is 0 Å². The molecular formula is C18H22N2O3S. The van der Waals surface area contributed by atoms with Crippen LogP contribution in [0.4, 0.5) is 5.69 Å². The molecule has 0 aliphatic carbocycles. The molecule has 2 rings (SSSR count). The van der Waals surface area contributed by atoms with Crippen molar-refractivity contribution in [2.75, 3.05) is 11.1 Å². The van der Waals surface area contributed by atoms with Crippen molar-refractivity contribution >= 4 is 21.6 Å². The number of hydrogen-bond donors (Lipinski definition) is 2. The normalized spacial score (nSPS) is 11.2. The monoisotopic (exact) mass is 346 g/mol. The Bertz CT molecular complexity index is 799. The third-order valence-electron chi connectivity index (χ3n) is 3.74. The Labute approximate surface area is 143 Å². The molecule has 0 aliphatic rings. The van der Waals surface area contributed by atoms with E-state index in [1.165, 1.54) is 0 Å². The molecule has 6 heteroatoms. The maximum Gasteiger partial charge on any atom is 0.255 e. The van der Waals surface area contributed by atoms with Gasteiger partial charge in [-0.3, -0.25) is 4.79 Å². The van der Waals surface area contributed by atoms with E-state index in [0.29, 0.717) is 5.56 Å². The van der Waals surface area contributed by atoms with Gasteiger partial charge < -0.3 is 5.32 Å². The lowest BCUT2D eigenvalue weighted by Gasteiger charge is -2.10. The zero-order valence-corrected chi connectivity index (χ0v) is 14.7. The number of para-hydroxylation sites is 1. The van der Waals surface area contributed by atoms with Gasteiger partial charge >= 0.3 is 0 Å². The van der Waals surface area contributed by atoms with Gasteiger partial charge in [0.1, 0.15) is 0 Å². The van der Waals surface area contributed by atoms with E-state index in [-0.39, 0.29) is 18.2 Å². The van der Waals surface area contributed by atoms with Crippen molar-refractivity contribution in [1.29, 1.82) is 0 Å². The molecule has 2 N–H and O–H groups in total. The second kappa shape index (κ2) is 8.08. The number of carbonyl (C=O) groups is 1. The van der Waals surface area contributed by atoms with Crippen molar-refractivity contribution in [3.05, 3.63) is 65.2 Å². The lowest BCUT2D eigenvalue weighted by atomic mass is 10.1. The largest absolute Gasteiger partial charge is 0.322 e. The summed E-state index contributed by atoms with van der Waals surface area (Å²) in [7, 11) is -3.22. The molecule has 0 aromatic heterocycles. The summed E-state index contributed by atoms with van der Waals surface area (Å²) in [6.07, 6.45) is 0.840. The van der Waals surface area contributed by atoms with E-state index < -0.39 is 10.0 Å². The van der Waals surface area contributed by atoms with Gasteiger partial charge in [-0.1, -0.05) is 37.3 Å². The Hall–Kier alpha value is -2.18. The van der Waals surface area contributed by atoms with E-state index in [4.69, 9.17) is 0 Å². The average Bonchev–Trinajstić information content (AvgIpc) is 2.61. The summed E-state index contributed by atoms with van der Waals surface area (Å²) in [6.45, 7) is 3.85. The second-order valence-corrected chi connectivity index (χ2v) is 7.48. The van der Waals surface area contributed by atoms with E-state index in [0.717, 1.165) is 23.2 Å². The summed E-state index contributed by atoms with van der Waals surface area (Å²) in [5, 5.41) is 2.91. The van der Waals surface area contributed by atoms with E-state index >= 15 is 0 Å². The topological polar surface area (TPSA) is 75.3 Å². The molecule has 5 nitrogen and oxygen atoms in total. The van der Waals surface area contributed by atoms with Crippen LogP contribution in [0.25, 0.3) is 0 Å². The van der Waals surface area contributed by atoms with Crippen LogP contribution in [0.2, 0.25) is 0 Å². The summed E-state index contributed by atoms with van der Waals surface area (Å²) in [5.74, 6) is -0.138. The second-order valence-electron chi connectivity index (χ2n) is 5.39. The summed E-state index contributed by atoms with van der Waals surface area (Å²) in [4.78, 5) is 12.3. The molecule has 0 unspecified atom stereocenters. The van der Waals surface area contributed by atoms with E-state index in [2.05, 4.69) is 10.0 Å². The Morgan fingerprint density at radius 3 is 2.29 bits per heavy atom. The molecule has 0 heterocycles. The SMILES string of the molecule is CCc1ccccc1NC(=O)c1ccc(CNS(=O)(=O)CC)cc1. The summed E-state index contributed by atoms with van der Waals surface area (Å²) in [5.41, 5.74) is 3.22. The van der Waals surface area contributed by atoms with Crippen LogP contribution < -0.4 is 10.0 Å². The average molecular weight is 346 g/mol. The molecule has 0 saturated heterocycles. The fourth-order valence-electron chi connectivity index (χ4n) is 2.21. The van der Waals surface area contributed by atoms with Crippen molar-refractivity contribution in [2.24, 2.45) is 0 Å². The van der Waals surface area contributed by atoms with Crippen LogP contribution in [0.15, 0.2) is 48.5 Å². The van der Waals surface area contributed by atoms with Crippen LogP contribution in [-0.2, 0) is 23.0 Å². The lowest BCUT2D eigenvalue weighted by molar-refractivity contribution is 0.102. The molecule has 2 aromatic carbocycles. The minimum Gasteiger partial charge on any atom is -0.322 e. The number of benzene rings is 2. The number of nitrogens with one attached hydrogen (secondary N) is 2. The fourth-order valence-corrected chi connectivity index (χ4v) is 2.81. The van der Waals surface area contributed by atoms with Crippen LogP contribution in [-0.4, -0.2) is 20.1 Å². The van der Waals surface area contributed by atoms with Gasteiger partial charge in [-0.15, -0.1) is 0 Å². The summed E-state index contributed by atoms with van der Waals surface area (Å²) < 4.78 is 25.4. The van der Waals surface area contributed by atoms with Crippen molar-refractivity contribution in [2.45, 2.75) is 26.8 Å². The van der Waals surface area contributed by atoms with Crippen LogP contribution in [0.3, 0.4) is 0 Å². The smallest absolute Gasteiger partial charge is 0.255 e. The number of carbonyl (C=O) groups excluding carboxylic acids is 1. The van der Waals surface area contributed by atoms with Gasteiger partial charge in [0.25, 0.3) is 5.91 Å². The molecule has 0 radical (unpaired) electrons. The Balaban J connectivity index is 2.03. The molecule has 0 bridgehead atoms. The quantitative estimate of drug-likeness (QED) is 0.809. The fraction of sp³-hybridized carbons (Fsp3) is 0.278. The standard InChI is InChI=1S/C18H22N2O3S/c1-3-15-7-5-6-8-17(15)20-18(21)16-11-9-14(10-12-16)13-19-24(22,23)4-2/h5-12,19H,3-4,13H2,1-2H3,(H,20,21).